The minimum Gasteiger partial charge on any atom is -0.388 e. The Morgan fingerprint density at radius 1 is 1.38 bits per heavy atom. The van der Waals surface area contributed by atoms with Gasteiger partial charge in [-0.05, 0) is 17.5 Å². The molecule has 0 aromatic heterocycles. The summed E-state index contributed by atoms with van der Waals surface area (Å²) in [5.74, 6) is 0. The van der Waals surface area contributed by atoms with Crippen molar-refractivity contribution >= 4 is 0 Å². The smallest absolute Gasteiger partial charge is 0.0791 e. The van der Waals surface area contributed by atoms with Gasteiger partial charge in [0.25, 0.3) is 0 Å². The van der Waals surface area contributed by atoms with Gasteiger partial charge in [-0.2, -0.15) is 0 Å². The molecular weight excluding hydrogens is 166 g/mol. The zero-order valence-corrected chi connectivity index (χ0v) is 7.17. The first-order valence-electron chi connectivity index (χ1n) is 4.08. The minimum atomic E-state index is -0.535. The monoisotopic (exact) mass is 177 g/mol. The highest BCUT2D eigenvalue weighted by Crippen LogP contribution is 2.15. The summed E-state index contributed by atoms with van der Waals surface area (Å²) >= 11 is 0. The molecule has 13 heavy (non-hydrogen) atoms. The van der Waals surface area contributed by atoms with Gasteiger partial charge in [-0.15, -0.1) is 0 Å². The predicted molar refractivity (Wildman–Crippen MR) is 50.0 cm³/mol. The molecule has 0 spiro atoms. The minimum absolute atomic E-state index is 0.326. The topological polar surface area (TPSA) is 69.0 Å². The van der Waals surface area contributed by atoms with Crippen molar-refractivity contribution in [3.05, 3.63) is 46.3 Å². The van der Waals surface area contributed by atoms with E-state index in [0.29, 0.717) is 13.0 Å². The molecule has 4 nitrogen and oxygen atoms in total. The number of azide groups is 1. The molecule has 0 fully saturated rings. The van der Waals surface area contributed by atoms with Gasteiger partial charge in [-0.25, -0.2) is 0 Å². The lowest BCUT2D eigenvalue weighted by molar-refractivity contribution is 0.170. The van der Waals surface area contributed by atoms with E-state index >= 15 is 0 Å². The van der Waals surface area contributed by atoms with E-state index in [1.54, 1.807) is 0 Å². The Labute approximate surface area is 76.5 Å². The van der Waals surface area contributed by atoms with Crippen molar-refractivity contribution in [2.24, 2.45) is 5.11 Å². The molecule has 0 saturated carbocycles. The molecule has 0 amide bonds. The van der Waals surface area contributed by atoms with E-state index in [0.717, 1.165) is 5.56 Å². The summed E-state index contributed by atoms with van der Waals surface area (Å²) < 4.78 is 0. The SMILES string of the molecule is [N-]=[N+]=NCCC(O)c1ccccc1. The summed E-state index contributed by atoms with van der Waals surface area (Å²) in [5, 5.41) is 12.9. The number of rotatable bonds is 4. The number of aliphatic hydroxyl groups is 1. The fourth-order valence-corrected chi connectivity index (χ4v) is 1.07. The van der Waals surface area contributed by atoms with E-state index in [4.69, 9.17) is 5.53 Å². The second kappa shape index (κ2) is 5.19. The second-order valence-corrected chi connectivity index (χ2v) is 2.67. The molecule has 0 heterocycles. The van der Waals surface area contributed by atoms with Gasteiger partial charge in [0.2, 0.25) is 0 Å². The Morgan fingerprint density at radius 2 is 2.08 bits per heavy atom. The molecule has 68 valence electrons. The third kappa shape index (κ3) is 3.15. The first kappa shape index (κ1) is 9.58. The molecule has 0 aliphatic rings. The zero-order chi connectivity index (χ0) is 9.52. The van der Waals surface area contributed by atoms with Crippen LogP contribution in [0.1, 0.15) is 18.1 Å². The molecule has 0 saturated heterocycles. The quantitative estimate of drug-likeness (QED) is 0.428. The molecule has 1 rings (SSSR count). The summed E-state index contributed by atoms with van der Waals surface area (Å²) in [7, 11) is 0. The van der Waals surface area contributed by atoms with Crippen molar-refractivity contribution in [1.82, 2.24) is 0 Å². The third-order valence-electron chi connectivity index (χ3n) is 1.75. The van der Waals surface area contributed by atoms with Gasteiger partial charge in [-0.1, -0.05) is 35.4 Å². The fraction of sp³-hybridized carbons (Fsp3) is 0.333. The maximum Gasteiger partial charge on any atom is 0.0791 e. The van der Waals surface area contributed by atoms with Gasteiger partial charge < -0.3 is 5.11 Å². The second-order valence-electron chi connectivity index (χ2n) is 2.67. The van der Waals surface area contributed by atoms with Gasteiger partial charge in [0.05, 0.1) is 6.10 Å². The lowest BCUT2D eigenvalue weighted by Crippen LogP contribution is -1.98. The van der Waals surface area contributed by atoms with Gasteiger partial charge in [0.1, 0.15) is 0 Å². The first-order chi connectivity index (χ1) is 6.34. The summed E-state index contributed by atoms with van der Waals surface area (Å²) in [5.41, 5.74) is 8.88. The molecule has 0 aliphatic carbocycles. The van der Waals surface area contributed by atoms with Crippen molar-refractivity contribution in [3.8, 4) is 0 Å². The molecule has 0 aliphatic heterocycles. The largest absolute Gasteiger partial charge is 0.388 e. The normalized spacial score (nSPS) is 11.8. The predicted octanol–water partition coefficient (Wildman–Crippen LogP) is 2.42. The van der Waals surface area contributed by atoms with Crippen LogP contribution in [0.5, 0.6) is 0 Å². The lowest BCUT2D eigenvalue weighted by atomic mass is 10.1. The molecule has 1 N–H and O–H groups in total. The highest BCUT2D eigenvalue weighted by atomic mass is 16.3. The van der Waals surface area contributed by atoms with Crippen LogP contribution < -0.4 is 0 Å². The Hall–Kier alpha value is -1.51. The van der Waals surface area contributed by atoms with E-state index in [-0.39, 0.29) is 0 Å². The molecule has 1 unspecified atom stereocenters. The molecule has 4 heteroatoms. The Kier molecular flexibility index (Phi) is 3.82. The number of hydrogen-bond donors (Lipinski definition) is 1. The Bertz CT molecular complexity index is 293. The highest BCUT2D eigenvalue weighted by molar-refractivity contribution is 5.17. The Balaban J connectivity index is 2.48. The number of nitrogens with zero attached hydrogens (tertiary/aromatic N) is 3. The maximum absolute atomic E-state index is 9.56. The van der Waals surface area contributed by atoms with Crippen molar-refractivity contribution in [2.45, 2.75) is 12.5 Å². The van der Waals surface area contributed by atoms with Crippen molar-refractivity contribution < 1.29 is 5.11 Å². The van der Waals surface area contributed by atoms with Crippen molar-refractivity contribution in [2.75, 3.05) is 6.54 Å². The van der Waals surface area contributed by atoms with Gasteiger partial charge in [-0.3, -0.25) is 0 Å². The molecule has 1 aromatic rings. The van der Waals surface area contributed by atoms with E-state index in [2.05, 4.69) is 10.0 Å². The van der Waals surface area contributed by atoms with Gasteiger partial charge in [0, 0.05) is 11.5 Å². The van der Waals surface area contributed by atoms with E-state index in [9.17, 15) is 5.11 Å². The lowest BCUT2D eigenvalue weighted by Gasteiger charge is -2.07. The average molecular weight is 177 g/mol. The van der Waals surface area contributed by atoms with Crippen LogP contribution in [-0.2, 0) is 0 Å². The number of benzene rings is 1. The molecule has 0 bridgehead atoms. The van der Waals surface area contributed by atoms with Crippen molar-refractivity contribution in [1.29, 1.82) is 0 Å². The average Bonchev–Trinajstić information content (AvgIpc) is 2.19. The van der Waals surface area contributed by atoms with Crippen LogP contribution in [0, 0.1) is 0 Å². The van der Waals surface area contributed by atoms with Gasteiger partial charge in [0.15, 0.2) is 0 Å². The van der Waals surface area contributed by atoms with Crippen LogP contribution in [0.2, 0.25) is 0 Å². The zero-order valence-electron chi connectivity index (χ0n) is 7.17. The third-order valence-corrected chi connectivity index (χ3v) is 1.75. The van der Waals surface area contributed by atoms with Crippen LogP contribution in [-0.4, -0.2) is 11.7 Å². The summed E-state index contributed by atoms with van der Waals surface area (Å²) in [6.07, 6.45) is -0.0691. The number of hydrogen-bond acceptors (Lipinski definition) is 2. The van der Waals surface area contributed by atoms with E-state index in [1.165, 1.54) is 0 Å². The summed E-state index contributed by atoms with van der Waals surface area (Å²) in [4.78, 5) is 2.62. The van der Waals surface area contributed by atoms with Crippen molar-refractivity contribution in [3.63, 3.8) is 0 Å². The van der Waals surface area contributed by atoms with Crippen LogP contribution in [0.25, 0.3) is 10.4 Å². The van der Waals surface area contributed by atoms with Crippen LogP contribution in [0.3, 0.4) is 0 Å². The fourth-order valence-electron chi connectivity index (χ4n) is 1.07. The van der Waals surface area contributed by atoms with Crippen LogP contribution >= 0.6 is 0 Å². The standard InChI is InChI=1S/C9H11N3O/c10-12-11-7-6-9(13)8-4-2-1-3-5-8/h1-5,9,13H,6-7H2. The van der Waals surface area contributed by atoms with Crippen LogP contribution in [0.15, 0.2) is 35.4 Å². The summed E-state index contributed by atoms with van der Waals surface area (Å²) in [6, 6.07) is 9.32. The molecular formula is C9H11N3O. The van der Waals surface area contributed by atoms with E-state index in [1.807, 2.05) is 30.3 Å². The number of aliphatic hydroxyl groups excluding tert-OH is 1. The first-order valence-corrected chi connectivity index (χ1v) is 4.08. The molecule has 0 radical (unpaired) electrons. The summed E-state index contributed by atoms with van der Waals surface area (Å²) in [6.45, 7) is 0.326. The Morgan fingerprint density at radius 3 is 2.69 bits per heavy atom. The maximum atomic E-state index is 9.56. The van der Waals surface area contributed by atoms with E-state index < -0.39 is 6.10 Å². The van der Waals surface area contributed by atoms with Gasteiger partial charge >= 0.3 is 0 Å². The van der Waals surface area contributed by atoms with Crippen LogP contribution in [0.4, 0.5) is 0 Å². The molecule has 1 atom stereocenters. The highest BCUT2D eigenvalue weighted by Gasteiger charge is 2.04. The molecule has 1 aromatic carbocycles.